The fraction of sp³-hybridized carbons (Fsp3) is 0.276. The standard InChI is InChI=1S/C29H30FN3O5/c1-36-16-15-32(29(35)21-9-13-24(37-2)14-10-21)19-28(34)33-27(20-7-11-23(30)12-8-20)18-26(31-33)22-5-4-6-25(17-22)38-3/h4-14,17,27H,15-16,18-19H2,1-3H3/t27-/m1/s1. The molecule has 0 radical (unpaired) electrons. The van der Waals surface area contributed by atoms with Crippen molar-refractivity contribution in [2.45, 2.75) is 12.5 Å². The van der Waals surface area contributed by atoms with Crippen molar-refractivity contribution in [2.24, 2.45) is 5.10 Å². The molecule has 4 rings (SSSR count). The van der Waals surface area contributed by atoms with E-state index in [2.05, 4.69) is 5.10 Å². The number of carbonyl (C=O) groups excluding carboxylic acids is 2. The number of rotatable bonds is 10. The molecule has 0 bridgehead atoms. The third-order valence-corrected chi connectivity index (χ3v) is 6.34. The van der Waals surface area contributed by atoms with Crippen molar-refractivity contribution in [3.05, 3.63) is 95.3 Å². The Morgan fingerprint density at radius 2 is 1.68 bits per heavy atom. The molecule has 198 valence electrons. The van der Waals surface area contributed by atoms with Gasteiger partial charge in [0.1, 0.15) is 23.9 Å². The number of methoxy groups -OCH3 is 3. The van der Waals surface area contributed by atoms with Crippen LogP contribution in [0.5, 0.6) is 11.5 Å². The molecule has 3 aromatic rings. The summed E-state index contributed by atoms with van der Waals surface area (Å²) in [5.74, 6) is 0.251. The number of hydrazone groups is 1. The highest BCUT2D eigenvalue weighted by Gasteiger charge is 2.34. The van der Waals surface area contributed by atoms with Crippen molar-refractivity contribution in [2.75, 3.05) is 41.0 Å². The van der Waals surface area contributed by atoms with E-state index < -0.39 is 6.04 Å². The van der Waals surface area contributed by atoms with Crippen molar-refractivity contribution in [3.63, 3.8) is 0 Å². The lowest BCUT2D eigenvalue weighted by molar-refractivity contribution is -0.133. The minimum Gasteiger partial charge on any atom is -0.497 e. The van der Waals surface area contributed by atoms with Crippen LogP contribution in [0.25, 0.3) is 0 Å². The van der Waals surface area contributed by atoms with Crippen LogP contribution in [0, 0.1) is 5.82 Å². The highest BCUT2D eigenvalue weighted by Crippen LogP contribution is 2.33. The normalized spacial score (nSPS) is 14.7. The van der Waals surface area contributed by atoms with Crippen LogP contribution >= 0.6 is 0 Å². The molecular weight excluding hydrogens is 489 g/mol. The molecule has 0 aromatic heterocycles. The Morgan fingerprint density at radius 3 is 2.34 bits per heavy atom. The second kappa shape index (κ2) is 12.3. The Kier molecular flexibility index (Phi) is 8.70. The molecule has 0 spiro atoms. The number of nitrogens with zero attached hydrogens (tertiary/aromatic N) is 3. The first-order valence-electron chi connectivity index (χ1n) is 12.1. The predicted octanol–water partition coefficient (Wildman–Crippen LogP) is 4.31. The summed E-state index contributed by atoms with van der Waals surface area (Å²) in [6.45, 7) is 0.268. The number of ether oxygens (including phenoxy) is 3. The third-order valence-electron chi connectivity index (χ3n) is 6.34. The minimum absolute atomic E-state index is 0.208. The van der Waals surface area contributed by atoms with E-state index in [1.165, 1.54) is 29.2 Å². The molecule has 0 saturated heterocycles. The van der Waals surface area contributed by atoms with Crippen LogP contribution in [0.1, 0.15) is 33.9 Å². The molecule has 0 N–H and O–H groups in total. The Hall–Kier alpha value is -4.24. The van der Waals surface area contributed by atoms with E-state index in [0.29, 0.717) is 29.2 Å². The summed E-state index contributed by atoms with van der Waals surface area (Å²) in [5.41, 5.74) is 2.67. The molecule has 2 amide bonds. The molecule has 8 nitrogen and oxygen atoms in total. The smallest absolute Gasteiger partial charge is 0.262 e. The predicted molar refractivity (Wildman–Crippen MR) is 141 cm³/mol. The largest absolute Gasteiger partial charge is 0.497 e. The molecule has 1 aliphatic rings. The fourth-order valence-electron chi connectivity index (χ4n) is 4.27. The number of amides is 2. The summed E-state index contributed by atoms with van der Waals surface area (Å²) in [6.07, 6.45) is 0.426. The average Bonchev–Trinajstić information content (AvgIpc) is 3.41. The monoisotopic (exact) mass is 519 g/mol. The minimum atomic E-state index is -0.454. The number of halogens is 1. The van der Waals surface area contributed by atoms with Crippen LogP contribution < -0.4 is 9.47 Å². The van der Waals surface area contributed by atoms with Gasteiger partial charge in [0.05, 0.1) is 32.6 Å². The van der Waals surface area contributed by atoms with Crippen LogP contribution in [0.15, 0.2) is 77.9 Å². The Balaban J connectivity index is 1.62. The lowest BCUT2D eigenvalue weighted by Crippen LogP contribution is -2.42. The van der Waals surface area contributed by atoms with Gasteiger partial charge in [0.25, 0.3) is 11.8 Å². The second-order valence-corrected chi connectivity index (χ2v) is 8.74. The van der Waals surface area contributed by atoms with Gasteiger partial charge >= 0.3 is 0 Å². The summed E-state index contributed by atoms with van der Waals surface area (Å²) < 4.78 is 29.4. The van der Waals surface area contributed by atoms with Crippen molar-refractivity contribution >= 4 is 17.5 Å². The molecule has 0 unspecified atom stereocenters. The Bertz CT molecular complexity index is 1290. The van der Waals surface area contributed by atoms with E-state index in [0.717, 1.165) is 11.1 Å². The van der Waals surface area contributed by atoms with Gasteiger partial charge in [0.2, 0.25) is 0 Å². The van der Waals surface area contributed by atoms with Crippen LogP contribution in [-0.4, -0.2) is 68.5 Å². The summed E-state index contributed by atoms with van der Waals surface area (Å²) >= 11 is 0. The zero-order valence-corrected chi connectivity index (χ0v) is 21.6. The van der Waals surface area contributed by atoms with Gasteiger partial charge in [-0.3, -0.25) is 9.59 Å². The lowest BCUT2D eigenvalue weighted by atomic mass is 9.98. The van der Waals surface area contributed by atoms with E-state index in [-0.39, 0.29) is 37.3 Å². The van der Waals surface area contributed by atoms with Crippen molar-refractivity contribution in [1.29, 1.82) is 0 Å². The zero-order chi connectivity index (χ0) is 27.1. The average molecular weight is 520 g/mol. The van der Waals surface area contributed by atoms with E-state index in [9.17, 15) is 14.0 Å². The Labute approximate surface area is 221 Å². The number of carbonyl (C=O) groups is 2. The molecule has 3 aromatic carbocycles. The lowest BCUT2D eigenvalue weighted by Gasteiger charge is -2.27. The summed E-state index contributed by atoms with van der Waals surface area (Å²) in [7, 11) is 4.67. The van der Waals surface area contributed by atoms with Crippen molar-refractivity contribution in [1.82, 2.24) is 9.91 Å². The molecule has 0 fully saturated rings. The van der Waals surface area contributed by atoms with Gasteiger partial charge in [0, 0.05) is 31.2 Å². The van der Waals surface area contributed by atoms with Crippen LogP contribution in [0.4, 0.5) is 4.39 Å². The molecule has 1 heterocycles. The molecule has 1 aliphatic heterocycles. The van der Waals surface area contributed by atoms with Gasteiger partial charge < -0.3 is 19.1 Å². The van der Waals surface area contributed by atoms with E-state index in [1.54, 1.807) is 50.6 Å². The first-order valence-corrected chi connectivity index (χ1v) is 12.1. The zero-order valence-electron chi connectivity index (χ0n) is 21.6. The molecule has 0 saturated carbocycles. The van der Waals surface area contributed by atoms with Gasteiger partial charge in [-0.1, -0.05) is 24.3 Å². The van der Waals surface area contributed by atoms with Crippen LogP contribution in [-0.2, 0) is 9.53 Å². The van der Waals surface area contributed by atoms with Crippen molar-refractivity contribution < 1.29 is 28.2 Å². The van der Waals surface area contributed by atoms with E-state index in [1.807, 2.05) is 24.3 Å². The van der Waals surface area contributed by atoms with Gasteiger partial charge in [-0.15, -0.1) is 0 Å². The molecule has 38 heavy (non-hydrogen) atoms. The summed E-state index contributed by atoms with van der Waals surface area (Å²) in [6, 6.07) is 19.7. The number of benzene rings is 3. The topological polar surface area (TPSA) is 80.7 Å². The summed E-state index contributed by atoms with van der Waals surface area (Å²) in [5, 5.41) is 6.06. The Morgan fingerprint density at radius 1 is 0.974 bits per heavy atom. The maximum absolute atomic E-state index is 13.7. The fourth-order valence-corrected chi connectivity index (χ4v) is 4.27. The maximum Gasteiger partial charge on any atom is 0.262 e. The quantitative estimate of drug-likeness (QED) is 0.399. The molecular formula is C29H30FN3O5. The van der Waals surface area contributed by atoms with Crippen LogP contribution in [0.3, 0.4) is 0 Å². The van der Waals surface area contributed by atoms with E-state index >= 15 is 0 Å². The maximum atomic E-state index is 13.7. The van der Waals surface area contributed by atoms with Crippen LogP contribution in [0.2, 0.25) is 0 Å². The third kappa shape index (κ3) is 6.18. The molecule has 0 aliphatic carbocycles. The highest BCUT2D eigenvalue weighted by molar-refractivity contribution is 6.04. The van der Waals surface area contributed by atoms with Gasteiger partial charge in [0.15, 0.2) is 0 Å². The molecule has 9 heteroatoms. The van der Waals surface area contributed by atoms with E-state index in [4.69, 9.17) is 14.2 Å². The number of hydrogen-bond donors (Lipinski definition) is 0. The van der Waals surface area contributed by atoms with Gasteiger partial charge in [-0.05, 0) is 54.1 Å². The second-order valence-electron chi connectivity index (χ2n) is 8.74. The number of hydrogen-bond acceptors (Lipinski definition) is 6. The summed E-state index contributed by atoms with van der Waals surface area (Å²) in [4.78, 5) is 28.4. The first kappa shape index (κ1) is 26.8. The molecule has 1 atom stereocenters. The SMILES string of the molecule is COCCN(CC(=O)N1N=C(c2cccc(OC)c2)C[C@@H]1c1ccc(F)cc1)C(=O)c1ccc(OC)cc1. The van der Waals surface area contributed by atoms with Gasteiger partial charge in [-0.25, -0.2) is 9.40 Å². The van der Waals surface area contributed by atoms with Gasteiger partial charge in [-0.2, -0.15) is 5.10 Å². The highest BCUT2D eigenvalue weighted by atomic mass is 19.1. The first-order chi connectivity index (χ1) is 18.4. The van der Waals surface area contributed by atoms with Crippen molar-refractivity contribution in [3.8, 4) is 11.5 Å².